The Morgan fingerprint density at radius 2 is 2.10 bits per heavy atom. The molecule has 30 heavy (non-hydrogen) atoms. The zero-order valence-corrected chi connectivity index (χ0v) is 18.0. The predicted molar refractivity (Wildman–Crippen MR) is 113 cm³/mol. The summed E-state index contributed by atoms with van der Waals surface area (Å²) in [6.07, 6.45) is -1.81. The molecule has 2 saturated heterocycles. The molecule has 0 bridgehead atoms. The van der Waals surface area contributed by atoms with Crippen molar-refractivity contribution in [3.63, 3.8) is 0 Å². The van der Waals surface area contributed by atoms with Crippen LogP contribution in [-0.2, 0) is 10.2 Å². The maximum atomic E-state index is 12.7. The van der Waals surface area contributed by atoms with Crippen LogP contribution in [0.1, 0.15) is 31.7 Å². The molecule has 2 N–H and O–H groups in total. The van der Waals surface area contributed by atoms with Crippen molar-refractivity contribution in [1.29, 1.82) is 0 Å². The first kappa shape index (κ1) is 23.2. The van der Waals surface area contributed by atoms with E-state index in [0.29, 0.717) is 56.8 Å². The van der Waals surface area contributed by atoms with E-state index in [1.807, 2.05) is 25.1 Å². The van der Waals surface area contributed by atoms with E-state index in [4.69, 9.17) is 21.3 Å². The maximum Gasteiger partial charge on any atom is 0.401 e. The quantitative estimate of drug-likeness (QED) is 0.518. The minimum atomic E-state index is -4.17. The van der Waals surface area contributed by atoms with Gasteiger partial charge in [-0.05, 0) is 43.9 Å². The van der Waals surface area contributed by atoms with E-state index in [9.17, 15) is 13.2 Å². The van der Waals surface area contributed by atoms with Crippen LogP contribution in [0.4, 0.5) is 13.2 Å². The minimum absolute atomic E-state index is 0.0537. The molecule has 2 aliphatic rings. The van der Waals surface area contributed by atoms with Crippen LogP contribution < -0.4 is 10.6 Å². The number of benzene rings is 1. The second kappa shape index (κ2) is 10.2. The van der Waals surface area contributed by atoms with Crippen LogP contribution in [0, 0.1) is 0 Å². The molecule has 0 aromatic heterocycles. The molecule has 1 aromatic carbocycles. The average molecular weight is 447 g/mol. The van der Waals surface area contributed by atoms with Crippen molar-refractivity contribution in [2.45, 2.75) is 43.8 Å². The molecule has 3 rings (SSSR count). The summed E-state index contributed by atoms with van der Waals surface area (Å²) in [5, 5.41) is 7.26. The first-order chi connectivity index (χ1) is 14.3. The number of nitrogens with zero attached hydrogens (tertiary/aromatic N) is 2. The molecule has 9 heteroatoms. The number of aliphatic imine (C=N–C) groups is 1. The largest absolute Gasteiger partial charge is 0.401 e. The Morgan fingerprint density at radius 3 is 2.77 bits per heavy atom. The van der Waals surface area contributed by atoms with E-state index in [-0.39, 0.29) is 11.5 Å². The second-order valence-electron chi connectivity index (χ2n) is 8.08. The van der Waals surface area contributed by atoms with Gasteiger partial charge in [0.25, 0.3) is 0 Å². The van der Waals surface area contributed by atoms with Crippen LogP contribution in [0.3, 0.4) is 0 Å². The number of ether oxygens (including phenoxy) is 1. The molecule has 5 nitrogen and oxygen atoms in total. The molecule has 1 unspecified atom stereocenters. The van der Waals surface area contributed by atoms with E-state index in [0.717, 1.165) is 18.4 Å². The SMILES string of the molecule is CCNC(=NCC1(c2cccc(Cl)c2)CCOCC1)NC1CCN(CC(F)(F)F)C1. The molecule has 0 amide bonds. The van der Waals surface area contributed by atoms with Crippen molar-refractivity contribution in [3.05, 3.63) is 34.9 Å². The lowest BCUT2D eigenvalue weighted by molar-refractivity contribution is -0.143. The van der Waals surface area contributed by atoms with Crippen LogP contribution >= 0.6 is 11.6 Å². The molecule has 0 spiro atoms. The molecule has 0 radical (unpaired) electrons. The third kappa shape index (κ3) is 6.49. The summed E-state index contributed by atoms with van der Waals surface area (Å²) in [6, 6.07) is 7.84. The van der Waals surface area contributed by atoms with E-state index in [1.54, 1.807) is 0 Å². The van der Waals surface area contributed by atoms with Gasteiger partial charge in [0.05, 0.1) is 13.1 Å². The molecule has 1 atom stereocenters. The Hall–Kier alpha value is -1.51. The van der Waals surface area contributed by atoms with Crippen molar-refractivity contribution in [2.75, 3.05) is 45.9 Å². The first-order valence-corrected chi connectivity index (χ1v) is 10.9. The predicted octanol–water partition coefficient (Wildman–Crippen LogP) is 3.58. The van der Waals surface area contributed by atoms with Gasteiger partial charge in [-0.1, -0.05) is 23.7 Å². The van der Waals surface area contributed by atoms with Gasteiger partial charge in [-0.3, -0.25) is 9.89 Å². The summed E-state index contributed by atoms with van der Waals surface area (Å²) < 4.78 is 43.6. The van der Waals surface area contributed by atoms with Gasteiger partial charge in [0, 0.05) is 49.3 Å². The van der Waals surface area contributed by atoms with Crippen LogP contribution in [0.15, 0.2) is 29.3 Å². The van der Waals surface area contributed by atoms with Gasteiger partial charge < -0.3 is 15.4 Å². The van der Waals surface area contributed by atoms with E-state index >= 15 is 0 Å². The summed E-state index contributed by atoms with van der Waals surface area (Å²) in [5.74, 6) is 0.643. The van der Waals surface area contributed by atoms with Crippen molar-refractivity contribution >= 4 is 17.6 Å². The third-order valence-electron chi connectivity index (χ3n) is 5.79. The number of nitrogens with one attached hydrogen (secondary N) is 2. The number of rotatable bonds is 6. The molecule has 2 fully saturated rings. The molecule has 2 aliphatic heterocycles. The highest BCUT2D eigenvalue weighted by molar-refractivity contribution is 6.30. The molecular weight excluding hydrogens is 417 g/mol. The lowest BCUT2D eigenvalue weighted by Crippen LogP contribution is -2.46. The zero-order valence-electron chi connectivity index (χ0n) is 17.3. The van der Waals surface area contributed by atoms with Crippen LogP contribution in [0.2, 0.25) is 5.02 Å². The molecule has 2 heterocycles. The Morgan fingerprint density at radius 1 is 1.33 bits per heavy atom. The summed E-state index contributed by atoms with van der Waals surface area (Å²) in [7, 11) is 0. The number of guanidine groups is 1. The fourth-order valence-corrected chi connectivity index (χ4v) is 4.40. The molecular formula is C21H30ClF3N4O. The van der Waals surface area contributed by atoms with Crippen LogP contribution in [-0.4, -0.2) is 69.0 Å². The highest BCUT2D eigenvalue weighted by Crippen LogP contribution is 2.36. The maximum absolute atomic E-state index is 12.7. The summed E-state index contributed by atoms with van der Waals surface area (Å²) in [6.45, 7) is 4.47. The van der Waals surface area contributed by atoms with Gasteiger partial charge in [0.2, 0.25) is 0 Å². The lowest BCUT2D eigenvalue weighted by Gasteiger charge is -2.37. The molecule has 168 valence electrons. The number of hydrogen-bond acceptors (Lipinski definition) is 3. The normalized spacial score (nSPS) is 22.8. The minimum Gasteiger partial charge on any atom is -0.381 e. The van der Waals surface area contributed by atoms with Gasteiger partial charge in [-0.15, -0.1) is 0 Å². The topological polar surface area (TPSA) is 48.9 Å². The van der Waals surface area contributed by atoms with Crippen molar-refractivity contribution in [2.24, 2.45) is 4.99 Å². The van der Waals surface area contributed by atoms with Gasteiger partial charge >= 0.3 is 6.18 Å². The van der Waals surface area contributed by atoms with Gasteiger partial charge in [-0.2, -0.15) is 13.2 Å². The standard InChI is InChI=1S/C21H30ClF3N4O/c1-2-26-19(28-18-6-9-29(13-18)15-21(23,24)25)27-14-20(7-10-30-11-8-20)16-4-3-5-17(22)12-16/h3-5,12,18H,2,6-11,13-15H2,1H3,(H2,26,27,28). The highest BCUT2D eigenvalue weighted by atomic mass is 35.5. The number of alkyl halides is 3. The van der Waals surface area contributed by atoms with Crippen LogP contribution in [0.5, 0.6) is 0 Å². The smallest absolute Gasteiger partial charge is 0.381 e. The van der Waals surface area contributed by atoms with Gasteiger partial charge in [0.1, 0.15) is 0 Å². The molecule has 0 saturated carbocycles. The molecule has 1 aromatic rings. The third-order valence-corrected chi connectivity index (χ3v) is 6.02. The van der Waals surface area contributed by atoms with Crippen LogP contribution in [0.25, 0.3) is 0 Å². The Kier molecular flexibility index (Phi) is 7.87. The monoisotopic (exact) mass is 446 g/mol. The number of likely N-dealkylation sites (tertiary alicyclic amines) is 1. The summed E-state index contributed by atoms with van der Waals surface area (Å²) >= 11 is 6.23. The van der Waals surface area contributed by atoms with Crippen molar-refractivity contribution in [3.8, 4) is 0 Å². The second-order valence-corrected chi connectivity index (χ2v) is 8.51. The highest BCUT2D eigenvalue weighted by Gasteiger charge is 2.36. The van der Waals surface area contributed by atoms with E-state index in [2.05, 4.69) is 16.7 Å². The number of hydrogen-bond donors (Lipinski definition) is 2. The molecule has 0 aliphatic carbocycles. The number of halogens is 4. The van der Waals surface area contributed by atoms with E-state index < -0.39 is 12.7 Å². The summed E-state index contributed by atoms with van der Waals surface area (Å²) in [4.78, 5) is 6.27. The Labute approximate surface area is 181 Å². The zero-order chi connectivity index (χ0) is 21.6. The average Bonchev–Trinajstić information content (AvgIpc) is 3.12. The Bertz CT molecular complexity index is 722. The fourth-order valence-electron chi connectivity index (χ4n) is 4.21. The lowest BCUT2D eigenvalue weighted by atomic mass is 9.74. The van der Waals surface area contributed by atoms with E-state index in [1.165, 1.54) is 4.90 Å². The van der Waals surface area contributed by atoms with Gasteiger partial charge in [-0.25, -0.2) is 0 Å². The summed E-state index contributed by atoms with van der Waals surface area (Å²) in [5.41, 5.74) is 0.985. The van der Waals surface area contributed by atoms with Crippen molar-refractivity contribution < 1.29 is 17.9 Å². The first-order valence-electron chi connectivity index (χ1n) is 10.5. The van der Waals surface area contributed by atoms with Gasteiger partial charge in [0.15, 0.2) is 5.96 Å². The Balaban J connectivity index is 1.69. The fraction of sp³-hybridized carbons (Fsp3) is 0.667. The van der Waals surface area contributed by atoms with Crippen molar-refractivity contribution in [1.82, 2.24) is 15.5 Å².